The Hall–Kier alpha value is -2.69. The highest BCUT2D eigenvalue weighted by molar-refractivity contribution is 6.08. The van der Waals surface area contributed by atoms with Crippen molar-refractivity contribution in [1.82, 2.24) is 5.32 Å². The first kappa shape index (κ1) is 16.2. The van der Waals surface area contributed by atoms with Crippen molar-refractivity contribution in [1.29, 1.82) is 0 Å². The second kappa shape index (κ2) is 6.07. The van der Waals surface area contributed by atoms with Crippen LogP contribution >= 0.6 is 0 Å². The van der Waals surface area contributed by atoms with Gasteiger partial charge >= 0.3 is 6.61 Å². The van der Waals surface area contributed by atoms with Gasteiger partial charge in [-0.1, -0.05) is 30.3 Å². The molecule has 3 nitrogen and oxygen atoms in total. The fraction of sp³-hybridized carbons (Fsp3) is 0.211. The van der Waals surface area contributed by atoms with E-state index in [9.17, 15) is 13.6 Å². The van der Waals surface area contributed by atoms with Gasteiger partial charge in [0, 0.05) is 22.9 Å². The van der Waals surface area contributed by atoms with Crippen molar-refractivity contribution in [3.8, 4) is 5.75 Å². The predicted octanol–water partition coefficient (Wildman–Crippen LogP) is 4.35. The maximum Gasteiger partial charge on any atom is 0.387 e. The van der Waals surface area contributed by atoms with E-state index < -0.39 is 12.2 Å². The van der Waals surface area contributed by atoms with Gasteiger partial charge in [0.25, 0.3) is 0 Å². The monoisotopic (exact) mass is 329 g/mol. The van der Waals surface area contributed by atoms with E-state index in [1.165, 1.54) is 12.1 Å². The Balaban J connectivity index is 1.97. The van der Waals surface area contributed by atoms with Crippen LogP contribution in [0, 0.1) is 0 Å². The molecule has 5 heteroatoms. The highest BCUT2D eigenvalue weighted by atomic mass is 19.3. The van der Waals surface area contributed by atoms with Crippen LogP contribution in [0.2, 0.25) is 0 Å². The van der Waals surface area contributed by atoms with Crippen LogP contribution in [0.15, 0.2) is 54.6 Å². The highest BCUT2D eigenvalue weighted by Crippen LogP contribution is 2.39. The Morgan fingerprint density at radius 3 is 2.54 bits per heavy atom. The van der Waals surface area contributed by atoms with Crippen LogP contribution in [0.1, 0.15) is 35.3 Å². The summed E-state index contributed by atoms with van der Waals surface area (Å²) in [5, 5.41) is 3.27. The molecule has 0 saturated heterocycles. The third-order valence-electron chi connectivity index (χ3n) is 3.96. The van der Waals surface area contributed by atoms with Crippen LogP contribution < -0.4 is 10.1 Å². The first-order valence-corrected chi connectivity index (χ1v) is 7.56. The second-order valence-corrected chi connectivity index (χ2v) is 6.12. The van der Waals surface area contributed by atoms with Crippen molar-refractivity contribution in [2.24, 2.45) is 0 Å². The highest BCUT2D eigenvalue weighted by Gasteiger charge is 2.33. The van der Waals surface area contributed by atoms with Gasteiger partial charge in [-0.3, -0.25) is 4.79 Å². The number of hydrogen-bond donors (Lipinski definition) is 1. The zero-order chi connectivity index (χ0) is 17.3. The summed E-state index contributed by atoms with van der Waals surface area (Å²) in [6.07, 6.45) is 1.54. The lowest BCUT2D eigenvalue weighted by atomic mass is 9.94. The number of ether oxygens (including phenoxy) is 1. The molecule has 0 radical (unpaired) electrons. The molecule has 1 N–H and O–H groups in total. The van der Waals surface area contributed by atoms with E-state index in [4.69, 9.17) is 0 Å². The molecule has 1 heterocycles. The quantitative estimate of drug-likeness (QED) is 0.669. The number of alkyl halides is 2. The minimum atomic E-state index is -2.87. The van der Waals surface area contributed by atoms with Crippen molar-refractivity contribution in [2.45, 2.75) is 26.0 Å². The normalized spacial score (nSPS) is 16.8. The lowest BCUT2D eigenvalue weighted by Crippen LogP contribution is -2.28. The van der Waals surface area contributed by atoms with E-state index in [1.54, 1.807) is 36.4 Å². The van der Waals surface area contributed by atoms with Crippen molar-refractivity contribution in [3.05, 3.63) is 71.3 Å². The molecule has 124 valence electrons. The molecule has 1 aliphatic heterocycles. The van der Waals surface area contributed by atoms with Crippen molar-refractivity contribution in [3.63, 3.8) is 0 Å². The Kier molecular flexibility index (Phi) is 4.09. The van der Waals surface area contributed by atoms with Crippen LogP contribution in [0.5, 0.6) is 5.75 Å². The topological polar surface area (TPSA) is 38.3 Å². The Morgan fingerprint density at radius 2 is 1.88 bits per heavy atom. The molecule has 0 fully saturated rings. The molecule has 3 rings (SSSR count). The maximum atomic E-state index is 12.4. The molecule has 24 heavy (non-hydrogen) atoms. The van der Waals surface area contributed by atoms with Gasteiger partial charge in [-0.2, -0.15) is 8.78 Å². The summed E-state index contributed by atoms with van der Waals surface area (Å²) in [6.45, 7) is 0.979. The van der Waals surface area contributed by atoms with Crippen molar-refractivity contribution in [2.75, 3.05) is 0 Å². The van der Waals surface area contributed by atoms with Gasteiger partial charge in [-0.05, 0) is 37.6 Å². The van der Waals surface area contributed by atoms with E-state index in [2.05, 4.69) is 10.1 Å². The molecule has 0 amide bonds. The second-order valence-electron chi connectivity index (χ2n) is 6.12. The van der Waals surface area contributed by atoms with E-state index in [0.29, 0.717) is 11.3 Å². The number of allylic oxidation sites excluding steroid dienone is 1. The van der Waals surface area contributed by atoms with E-state index in [0.717, 1.165) is 11.1 Å². The van der Waals surface area contributed by atoms with Crippen LogP contribution in [-0.2, 0) is 5.54 Å². The summed E-state index contributed by atoms with van der Waals surface area (Å²) in [5.41, 5.74) is 2.40. The molecular weight excluding hydrogens is 312 g/mol. The summed E-state index contributed by atoms with van der Waals surface area (Å²) in [5.74, 6) is -0.0103. The molecule has 2 aromatic rings. The summed E-state index contributed by atoms with van der Waals surface area (Å²) >= 11 is 0. The summed E-state index contributed by atoms with van der Waals surface area (Å²) in [6, 6.07) is 13.7. The van der Waals surface area contributed by atoms with Gasteiger partial charge in [-0.25, -0.2) is 0 Å². The van der Waals surface area contributed by atoms with E-state index in [1.807, 2.05) is 19.9 Å². The number of benzene rings is 2. The third kappa shape index (κ3) is 3.15. The lowest BCUT2D eigenvalue weighted by molar-refractivity contribution is -0.0499. The summed E-state index contributed by atoms with van der Waals surface area (Å²) < 4.78 is 29.3. The molecule has 0 unspecified atom stereocenters. The van der Waals surface area contributed by atoms with Crippen LogP contribution in [0.25, 0.3) is 5.70 Å². The molecule has 0 aromatic heterocycles. The molecule has 0 spiro atoms. The fourth-order valence-corrected chi connectivity index (χ4v) is 2.85. The Morgan fingerprint density at radius 1 is 1.17 bits per heavy atom. The largest absolute Gasteiger partial charge is 0.435 e. The smallest absolute Gasteiger partial charge is 0.387 e. The average Bonchev–Trinajstić information content (AvgIpc) is 2.78. The molecule has 0 aliphatic carbocycles. The number of hydrogen-bond acceptors (Lipinski definition) is 3. The minimum absolute atomic E-state index is 0.106. The van der Waals surface area contributed by atoms with Crippen LogP contribution in [0.4, 0.5) is 8.78 Å². The third-order valence-corrected chi connectivity index (χ3v) is 3.96. The van der Waals surface area contributed by atoms with Gasteiger partial charge < -0.3 is 10.1 Å². The minimum Gasteiger partial charge on any atom is -0.435 e. The van der Waals surface area contributed by atoms with Gasteiger partial charge in [0.15, 0.2) is 5.78 Å². The van der Waals surface area contributed by atoms with Gasteiger partial charge in [-0.15, -0.1) is 0 Å². The van der Waals surface area contributed by atoms with Crippen LogP contribution in [-0.4, -0.2) is 12.4 Å². The maximum absolute atomic E-state index is 12.4. The number of carbonyl (C=O) groups excluding carboxylic acids is 1. The molecule has 0 atom stereocenters. The lowest BCUT2D eigenvalue weighted by Gasteiger charge is -2.20. The molecule has 1 aliphatic rings. The Bertz CT molecular complexity index is 798. The standard InChI is InChI=1S/C19H17F2NO2/c1-19(2)15-10-13(24-18(20)21)8-9-14(15)16(22-19)11-17(23)12-6-4-3-5-7-12/h3-11,18,22H,1-2H3/b16-11-. The average molecular weight is 329 g/mol. The summed E-state index contributed by atoms with van der Waals surface area (Å²) in [4.78, 5) is 12.4. The summed E-state index contributed by atoms with van der Waals surface area (Å²) in [7, 11) is 0. The molecule has 2 aromatic carbocycles. The van der Waals surface area contributed by atoms with Gasteiger partial charge in [0.05, 0.1) is 5.54 Å². The van der Waals surface area contributed by atoms with Crippen molar-refractivity contribution >= 4 is 11.5 Å². The first-order chi connectivity index (χ1) is 11.4. The number of nitrogens with one attached hydrogen (secondary N) is 1. The van der Waals surface area contributed by atoms with Crippen molar-refractivity contribution < 1.29 is 18.3 Å². The van der Waals surface area contributed by atoms with E-state index in [-0.39, 0.29) is 11.5 Å². The Labute approximate surface area is 139 Å². The number of ketones is 1. The molecule has 0 bridgehead atoms. The zero-order valence-corrected chi connectivity index (χ0v) is 13.3. The zero-order valence-electron chi connectivity index (χ0n) is 13.3. The van der Waals surface area contributed by atoms with Gasteiger partial charge in [0.2, 0.25) is 0 Å². The van der Waals surface area contributed by atoms with Gasteiger partial charge in [0.1, 0.15) is 5.75 Å². The SMILES string of the molecule is CC1(C)N/C(=C\C(=O)c2ccccc2)c2ccc(OC(F)F)cc21. The number of rotatable bonds is 4. The number of carbonyl (C=O) groups is 1. The van der Waals surface area contributed by atoms with Crippen LogP contribution in [0.3, 0.4) is 0 Å². The first-order valence-electron chi connectivity index (χ1n) is 7.56. The number of fused-ring (bicyclic) bond motifs is 1. The predicted molar refractivity (Wildman–Crippen MR) is 88.0 cm³/mol. The molecular formula is C19H17F2NO2. The van der Waals surface area contributed by atoms with E-state index >= 15 is 0 Å². The molecule has 0 saturated carbocycles. The fourth-order valence-electron chi connectivity index (χ4n) is 2.85. The number of halogens is 2.